The van der Waals surface area contributed by atoms with Crippen LogP contribution in [0.15, 0.2) is 18.2 Å². The molecule has 1 aliphatic heterocycles. The van der Waals surface area contributed by atoms with Gasteiger partial charge >= 0.3 is 0 Å². The molecule has 0 radical (unpaired) electrons. The van der Waals surface area contributed by atoms with Crippen molar-refractivity contribution in [2.75, 3.05) is 13.1 Å². The second-order valence-electron chi connectivity index (χ2n) is 6.00. The van der Waals surface area contributed by atoms with Crippen molar-refractivity contribution < 1.29 is 9.90 Å². The second kappa shape index (κ2) is 4.63. The maximum Gasteiger partial charge on any atom is 0.253 e. The van der Waals surface area contributed by atoms with E-state index in [0.717, 1.165) is 25.1 Å². The predicted octanol–water partition coefficient (Wildman–Crippen LogP) is 2.96. The molecule has 1 aromatic carbocycles. The molecule has 1 amide bonds. The molecule has 1 heterocycles. The summed E-state index contributed by atoms with van der Waals surface area (Å²) in [5, 5.41) is 9.49. The number of carbonyl (C=O) groups excluding carboxylic acids is 1. The van der Waals surface area contributed by atoms with Crippen molar-refractivity contribution in [2.45, 2.75) is 33.6 Å². The van der Waals surface area contributed by atoms with Crippen molar-refractivity contribution in [3.05, 3.63) is 29.3 Å². The summed E-state index contributed by atoms with van der Waals surface area (Å²) in [6, 6.07) is 5.06. The monoisotopic (exact) mass is 247 g/mol. The lowest BCUT2D eigenvalue weighted by molar-refractivity contribution is 0.0583. The number of nitrogens with zero attached hydrogens (tertiary/aromatic N) is 1. The highest BCUT2D eigenvalue weighted by molar-refractivity contribution is 5.94. The van der Waals surface area contributed by atoms with E-state index in [1.54, 1.807) is 18.2 Å². The van der Waals surface area contributed by atoms with Crippen molar-refractivity contribution >= 4 is 5.91 Å². The van der Waals surface area contributed by atoms with Crippen LogP contribution in [-0.4, -0.2) is 29.0 Å². The highest BCUT2D eigenvalue weighted by Crippen LogP contribution is 2.29. The van der Waals surface area contributed by atoms with E-state index in [2.05, 4.69) is 13.8 Å². The molecule has 0 atom stereocenters. The Morgan fingerprint density at radius 3 is 2.72 bits per heavy atom. The Labute approximate surface area is 108 Å². The minimum atomic E-state index is 0.0749. The summed E-state index contributed by atoms with van der Waals surface area (Å²) in [6.45, 7) is 7.86. The van der Waals surface area contributed by atoms with Gasteiger partial charge in [-0.2, -0.15) is 0 Å². The van der Waals surface area contributed by atoms with E-state index in [4.69, 9.17) is 0 Å². The number of hydrogen-bond donors (Lipinski definition) is 1. The summed E-state index contributed by atoms with van der Waals surface area (Å²) in [5.74, 6) is 0.316. The van der Waals surface area contributed by atoms with E-state index < -0.39 is 0 Å². The normalized spacial score (nSPS) is 18.7. The number of phenols is 1. The molecular weight excluding hydrogens is 226 g/mol. The number of benzene rings is 1. The van der Waals surface area contributed by atoms with E-state index >= 15 is 0 Å². The zero-order valence-corrected chi connectivity index (χ0v) is 11.4. The lowest BCUT2D eigenvalue weighted by Gasteiger charge is -2.38. The summed E-state index contributed by atoms with van der Waals surface area (Å²) in [4.78, 5) is 14.3. The van der Waals surface area contributed by atoms with Crippen LogP contribution in [0.1, 0.15) is 42.6 Å². The smallest absolute Gasteiger partial charge is 0.253 e. The van der Waals surface area contributed by atoms with Crippen LogP contribution >= 0.6 is 0 Å². The molecule has 1 fully saturated rings. The highest BCUT2D eigenvalue weighted by atomic mass is 16.3. The first-order valence-corrected chi connectivity index (χ1v) is 6.48. The van der Waals surface area contributed by atoms with Crippen LogP contribution in [0.5, 0.6) is 5.75 Å². The average Bonchev–Trinajstić information content (AvgIpc) is 2.30. The summed E-state index contributed by atoms with van der Waals surface area (Å²) in [5.41, 5.74) is 1.62. The first-order chi connectivity index (χ1) is 8.39. The molecule has 3 heteroatoms. The van der Waals surface area contributed by atoms with Crippen LogP contribution in [0.25, 0.3) is 0 Å². The molecule has 18 heavy (non-hydrogen) atoms. The molecule has 0 unspecified atom stereocenters. The summed E-state index contributed by atoms with van der Waals surface area (Å²) >= 11 is 0. The van der Waals surface area contributed by atoms with Crippen molar-refractivity contribution in [2.24, 2.45) is 5.41 Å². The Morgan fingerprint density at radius 2 is 2.11 bits per heavy atom. The third-order valence-corrected chi connectivity index (χ3v) is 3.63. The van der Waals surface area contributed by atoms with E-state index in [0.29, 0.717) is 5.56 Å². The topological polar surface area (TPSA) is 40.5 Å². The van der Waals surface area contributed by atoms with Crippen LogP contribution in [0.4, 0.5) is 0 Å². The molecule has 1 saturated heterocycles. The van der Waals surface area contributed by atoms with Crippen LogP contribution in [0, 0.1) is 12.3 Å². The highest BCUT2D eigenvalue weighted by Gasteiger charge is 2.29. The predicted molar refractivity (Wildman–Crippen MR) is 71.8 cm³/mol. The fourth-order valence-corrected chi connectivity index (χ4v) is 2.57. The van der Waals surface area contributed by atoms with E-state index in [9.17, 15) is 9.90 Å². The summed E-state index contributed by atoms with van der Waals surface area (Å²) in [7, 11) is 0. The van der Waals surface area contributed by atoms with Gasteiger partial charge in [-0.05, 0) is 48.9 Å². The van der Waals surface area contributed by atoms with Crippen LogP contribution in [0.3, 0.4) is 0 Å². The van der Waals surface area contributed by atoms with Gasteiger partial charge in [-0.25, -0.2) is 0 Å². The SMILES string of the molecule is Cc1cc(C(=O)N2CCCC(C)(C)C2)ccc1O. The molecule has 0 aliphatic carbocycles. The zero-order valence-electron chi connectivity index (χ0n) is 11.4. The van der Waals surface area contributed by atoms with Gasteiger partial charge in [-0.1, -0.05) is 13.8 Å². The lowest BCUT2D eigenvalue weighted by Crippen LogP contribution is -2.43. The average molecular weight is 247 g/mol. The Morgan fingerprint density at radius 1 is 1.39 bits per heavy atom. The van der Waals surface area contributed by atoms with Gasteiger partial charge in [0, 0.05) is 18.7 Å². The fraction of sp³-hybridized carbons (Fsp3) is 0.533. The molecule has 0 spiro atoms. The number of carbonyl (C=O) groups is 1. The Bertz CT molecular complexity index is 466. The molecular formula is C15H21NO2. The van der Waals surface area contributed by atoms with Gasteiger partial charge in [0.15, 0.2) is 0 Å². The number of aryl methyl sites for hydroxylation is 1. The number of amides is 1. The van der Waals surface area contributed by atoms with Crippen molar-refractivity contribution in [3.8, 4) is 5.75 Å². The largest absolute Gasteiger partial charge is 0.508 e. The van der Waals surface area contributed by atoms with Gasteiger partial charge in [0.05, 0.1) is 0 Å². The first-order valence-electron chi connectivity index (χ1n) is 6.48. The first kappa shape index (κ1) is 12.9. The molecule has 98 valence electrons. The minimum absolute atomic E-state index is 0.0749. The number of aromatic hydroxyl groups is 1. The molecule has 0 saturated carbocycles. The Hall–Kier alpha value is -1.51. The maximum absolute atomic E-state index is 12.4. The standard InChI is InChI=1S/C15H21NO2/c1-11-9-12(5-6-13(11)17)14(18)16-8-4-7-15(2,3)10-16/h5-6,9,17H,4,7-8,10H2,1-3H3. The fourth-order valence-electron chi connectivity index (χ4n) is 2.57. The minimum Gasteiger partial charge on any atom is -0.508 e. The third-order valence-electron chi connectivity index (χ3n) is 3.63. The molecule has 0 aromatic heterocycles. The number of phenolic OH excluding ortho intramolecular Hbond substituents is 1. The van der Waals surface area contributed by atoms with Gasteiger partial charge in [0.1, 0.15) is 5.75 Å². The summed E-state index contributed by atoms with van der Waals surface area (Å²) < 4.78 is 0. The lowest BCUT2D eigenvalue weighted by atomic mass is 9.84. The number of likely N-dealkylation sites (tertiary alicyclic amines) is 1. The molecule has 1 aliphatic rings. The van der Waals surface area contributed by atoms with Crippen LogP contribution in [-0.2, 0) is 0 Å². The van der Waals surface area contributed by atoms with E-state index in [1.165, 1.54) is 6.42 Å². The van der Waals surface area contributed by atoms with Gasteiger partial charge in [0.25, 0.3) is 5.91 Å². The molecule has 0 bridgehead atoms. The van der Waals surface area contributed by atoms with Gasteiger partial charge < -0.3 is 10.0 Å². The quantitative estimate of drug-likeness (QED) is 0.828. The third kappa shape index (κ3) is 2.66. The number of rotatable bonds is 1. The van der Waals surface area contributed by atoms with E-state index in [-0.39, 0.29) is 17.1 Å². The Balaban J connectivity index is 2.18. The maximum atomic E-state index is 12.4. The van der Waals surface area contributed by atoms with Crippen molar-refractivity contribution in [1.82, 2.24) is 4.90 Å². The second-order valence-corrected chi connectivity index (χ2v) is 6.00. The zero-order chi connectivity index (χ0) is 13.3. The summed E-state index contributed by atoms with van der Waals surface area (Å²) in [6.07, 6.45) is 2.24. The Kier molecular flexibility index (Phi) is 3.33. The van der Waals surface area contributed by atoms with Crippen molar-refractivity contribution in [3.63, 3.8) is 0 Å². The van der Waals surface area contributed by atoms with Crippen LogP contribution in [0.2, 0.25) is 0 Å². The molecule has 1 N–H and O–H groups in total. The van der Waals surface area contributed by atoms with Gasteiger partial charge in [0.2, 0.25) is 0 Å². The molecule has 1 aromatic rings. The van der Waals surface area contributed by atoms with E-state index in [1.807, 2.05) is 11.8 Å². The van der Waals surface area contributed by atoms with Crippen molar-refractivity contribution in [1.29, 1.82) is 0 Å². The molecule has 2 rings (SSSR count). The number of hydrogen-bond acceptors (Lipinski definition) is 2. The van der Waals surface area contributed by atoms with Gasteiger partial charge in [-0.3, -0.25) is 4.79 Å². The molecule has 3 nitrogen and oxygen atoms in total. The van der Waals surface area contributed by atoms with Gasteiger partial charge in [-0.15, -0.1) is 0 Å². The van der Waals surface area contributed by atoms with Crippen LogP contribution < -0.4 is 0 Å². The number of piperidine rings is 1.